The monoisotopic (exact) mass is 457 g/mol. The number of hydrogen-bond acceptors (Lipinski definition) is 8. The molecule has 0 spiro atoms. The molecular weight excluding hydrogens is 434 g/mol. The number of ether oxygens (including phenoxy) is 2. The number of nitriles is 1. The third-order valence-corrected chi connectivity index (χ3v) is 5.77. The molecule has 2 aromatic heterocycles. The van der Waals surface area contributed by atoms with Gasteiger partial charge in [-0.2, -0.15) is 5.26 Å². The summed E-state index contributed by atoms with van der Waals surface area (Å²) in [6.07, 6.45) is 5.63. The SMILES string of the molecule is COC(=O)c1c(C#N)ccnc1OC1CCC(C)N(C(=O)c2ccccc2-c2ncccn2)C1. The van der Waals surface area contributed by atoms with Gasteiger partial charge in [-0.1, -0.05) is 18.2 Å². The van der Waals surface area contributed by atoms with Gasteiger partial charge in [0, 0.05) is 30.2 Å². The molecule has 2 unspecified atom stereocenters. The molecule has 1 aromatic carbocycles. The zero-order valence-corrected chi connectivity index (χ0v) is 18.8. The van der Waals surface area contributed by atoms with Crippen LogP contribution in [0.1, 0.15) is 46.0 Å². The summed E-state index contributed by atoms with van der Waals surface area (Å²) < 4.78 is 10.9. The molecule has 1 amide bonds. The van der Waals surface area contributed by atoms with Gasteiger partial charge in [0.05, 0.1) is 24.8 Å². The van der Waals surface area contributed by atoms with Gasteiger partial charge in [-0.3, -0.25) is 4.79 Å². The molecule has 0 N–H and O–H groups in total. The van der Waals surface area contributed by atoms with E-state index in [-0.39, 0.29) is 29.0 Å². The molecule has 172 valence electrons. The molecule has 2 atom stereocenters. The fraction of sp³-hybridized carbons (Fsp3) is 0.280. The maximum absolute atomic E-state index is 13.6. The highest BCUT2D eigenvalue weighted by molar-refractivity contribution is 6.00. The highest BCUT2D eigenvalue weighted by Gasteiger charge is 2.33. The van der Waals surface area contributed by atoms with E-state index in [2.05, 4.69) is 15.0 Å². The Balaban J connectivity index is 1.60. The van der Waals surface area contributed by atoms with Crippen LogP contribution in [-0.2, 0) is 4.74 Å². The summed E-state index contributed by atoms with van der Waals surface area (Å²) in [6.45, 7) is 2.28. The van der Waals surface area contributed by atoms with Crippen LogP contribution >= 0.6 is 0 Å². The fourth-order valence-electron chi connectivity index (χ4n) is 3.99. The number of nitrogens with zero attached hydrogens (tertiary/aromatic N) is 5. The number of aromatic nitrogens is 3. The van der Waals surface area contributed by atoms with E-state index in [9.17, 15) is 14.9 Å². The lowest BCUT2D eigenvalue weighted by Gasteiger charge is -2.38. The molecule has 1 fully saturated rings. The number of methoxy groups -OCH3 is 1. The van der Waals surface area contributed by atoms with E-state index < -0.39 is 12.1 Å². The van der Waals surface area contributed by atoms with Gasteiger partial charge in [0.15, 0.2) is 5.82 Å². The third-order valence-electron chi connectivity index (χ3n) is 5.77. The lowest BCUT2D eigenvalue weighted by molar-refractivity contribution is 0.0359. The van der Waals surface area contributed by atoms with Crippen molar-refractivity contribution < 1.29 is 19.1 Å². The molecular formula is C25H23N5O4. The van der Waals surface area contributed by atoms with Gasteiger partial charge >= 0.3 is 5.97 Å². The number of likely N-dealkylation sites (tertiary alicyclic amines) is 1. The number of pyridine rings is 1. The zero-order valence-electron chi connectivity index (χ0n) is 18.8. The maximum atomic E-state index is 13.6. The number of amides is 1. The number of carbonyl (C=O) groups is 2. The molecule has 0 saturated carbocycles. The van der Waals surface area contributed by atoms with Crippen molar-refractivity contribution in [2.24, 2.45) is 0 Å². The summed E-state index contributed by atoms with van der Waals surface area (Å²) in [5, 5.41) is 9.38. The van der Waals surface area contributed by atoms with Crippen LogP contribution in [0.15, 0.2) is 55.0 Å². The van der Waals surface area contributed by atoms with Crippen LogP contribution in [0.25, 0.3) is 11.4 Å². The van der Waals surface area contributed by atoms with Gasteiger partial charge in [0.1, 0.15) is 17.7 Å². The molecule has 1 aliphatic rings. The van der Waals surface area contributed by atoms with Gasteiger partial charge in [0.2, 0.25) is 5.88 Å². The Morgan fingerprint density at radius 1 is 1.06 bits per heavy atom. The molecule has 9 nitrogen and oxygen atoms in total. The van der Waals surface area contributed by atoms with E-state index in [4.69, 9.17) is 9.47 Å². The first kappa shape index (κ1) is 22.9. The number of esters is 1. The van der Waals surface area contributed by atoms with Crippen molar-refractivity contribution in [1.29, 1.82) is 5.26 Å². The molecule has 1 aliphatic heterocycles. The van der Waals surface area contributed by atoms with Crippen LogP contribution in [0.2, 0.25) is 0 Å². The van der Waals surface area contributed by atoms with Gasteiger partial charge in [-0.25, -0.2) is 19.7 Å². The topological polar surface area (TPSA) is 118 Å². The van der Waals surface area contributed by atoms with Crippen LogP contribution < -0.4 is 4.74 Å². The van der Waals surface area contributed by atoms with E-state index in [0.29, 0.717) is 36.3 Å². The molecule has 3 heterocycles. The Bertz CT molecular complexity index is 1240. The van der Waals surface area contributed by atoms with Gasteiger partial charge in [0.25, 0.3) is 5.91 Å². The minimum Gasteiger partial charge on any atom is -0.472 e. The van der Waals surface area contributed by atoms with Crippen molar-refractivity contribution in [2.75, 3.05) is 13.7 Å². The smallest absolute Gasteiger partial charge is 0.344 e. The van der Waals surface area contributed by atoms with Crippen LogP contribution in [0.3, 0.4) is 0 Å². The zero-order chi connectivity index (χ0) is 24.1. The molecule has 0 bridgehead atoms. The van der Waals surface area contributed by atoms with Crippen LogP contribution in [-0.4, -0.2) is 57.5 Å². The Hall–Kier alpha value is -4.32. The second-order valence-electron chi connectivity index (χ2n) is 7.88. The van der Waals surface area contributed by atoms with E-state index >= 15 is 0 Å². The summed E-state index contributed by atoms with van der Waals surface area (Å²) in [6, 6.07) is 12.3. The predicted octanol–water partition coefficient (Wildman–Crippen LogP) is 3.27. The normalized spacial score (nSPS) is 17.5. The van der Waals surface area contributed by atoms with Crippen molar-refractivity contribution in [3.05, 3.63) is 71.7 Å². The average Bonchev–Trinajstić information content (AvgIpc) is 2.89. The molecule has 3 aromatic rings. The van der Waals surface area contributed by atoms with E-state index in [0.717, 1.165) is 0 Å². The Morgan fingerprint density at radius 2 is 1.82 bits per heavy atom. The second kappa shape index (κ2) is 10.1. The number of rotatable bonds is 5. The summed E-state index contributed by atoms with van der Waals surface area (Å²) in [5.41, 5.74) is 1.25. The Morgan fingerprint density at radius 3 is 2.56 bits per heavy atom. The summed E-state index contributed by atoms with van der Waals surface area (Å²) >= 11 is 0. The minimum atomic E-state index is -0.700. The van der Waals surface area contributed by atoms with Gasteiger partial charge in [-0.05, 0) is 38.0 Å². The number of carbonyl (C=O) groups excluding carboxylic acids is 2. The predicted molar refractivity (Wildman–Crippen MR) is 122 cm³/mol. The number of piperidine rings is 1. The summed E-state index contributed by atoms with van der Waals surface area (Å²) in [4.78, 5) is 40.4. The first-order chi connectivity index (χ1) is 16.5. The molecule has 0 aliphatic carbocycles. The average molecular weight is 457 g/mol. The van der Waals surface area contributed by atoms with E-state index in [1.54, 1.807) is 29.4 Å². The Labute approximate surface area is 197 Å². The molecule has 9 heteroatoms. The third kappa shape index (κ3) is 4.57. The quantitative estimate of drug-likeness (QED) is 0.536. The van der Waals surface area contributed by atoms with Crippen molar-refractivity contribution in [3.8, 4) is 23.3 Å². The van der Waals surface area contributed by atoms with Crippen LogP contribution in [0.4, 0.5) is 0 Å². The van der Waals surface area contributed by atoms with Gasteiger partial charge < -0.3 is 14.4 Å². The van der Waals surface area contributed by atoms with Gasteiger partial charge in [-0.15, -0.1) is 0 Å². The van der Waals surface area contributed by atoms with Crippen molar-refractivity contribution in [1.82, 2.24) is 19.9 Å². The highest BCUT2D eigenvalue weighted by atomic mass is 16.5. The maximum Gasteiger partial charge on any atom is 0.344 e. The van der Waals surface area contributed by atoms with E-state index in [1.165, 1.54) is 19.4 Å². The van der Waals surface area contributed by atoms with Crippen LogP contribution in [0.5, 0.6) is 5.88 Å². The summed E-state index contributed by atoms with van der Waals surface area (Å²) in [7, 11) is 1.23. The summed E-state index contributed by atoms with van der Waals surface area (Å²) in [5.74, 6) is -0.357. The van der Waals surface area contributed by atoms with Crippen molar-refractivity contribution in [2.45, 2.75) is 31.9 Å². The Kier molecular flexibility index (Phi) is 6.78. The van der Waals surface area contributed by atoms with Crippen LogP contribution in [0, 0.1) is 11.3 Å². The van der Waals surface area contributed by atoms with Crippen molar-refractivity contribution >= 4 is 11.9 Å². The molecule has 34 heavy (non-hydrogen) atoms. The number of benzene rings is 1. The highest BCUT2D eigenvalue weighted by Crippen LogP contribution is 2.28. The number of hydrogen-bond donors (Lipinski definition) is 0. The molecule has 0 radical (unpaired) electrons. The van der Waals surface area contributed by atoms with Crippen molar-refractivity contribution in [3.63, 3.8) is 0 Å². The first-order valence-electron chi connectivity index (χ1n) is 10.8. The minimum absolute atomic E-state index is 0.0180. The fourth-order valence-corrected chi connectivity index (χ4v) is 3.99. The molecule has 4 rings (SSSR count). The largest absolute Gasteiger partial charge is 0.472 e. The lowest BCUT2D eigenvalue weighted by atomic mass is 9.98. The van der Waals surface area contributed by atoms with E-state index in [1.807, 2.05) is 31.2 Å². The first-order valence-corrected chi connectivity index (χ1v) is 10.8. The molecule has 1 saturated heterocycles. The standard InChI is InChI=1S/C25H23N5O4/c1-16-8-9-18(34-23-21(25(32)33-2)17(14-26)10-13-29-23)15-30(16)24(31)20-7-4-3-6-19(20)22-27-11-5-12-28-22/h3-7,10-13,16,18H,8-9,15H2,1-2H3. The lowest BCUT2D eigenvalue weighted by Crippen LogP contribution is -2.49. The second-order valence-corrected chi connectivity index (χ2v) is 7.88.